The molecule has 0 aromatic heterocycles. The van der Waals surface area contributed by atoms with Crippen molar-refractivity contribution in [3.8, 4) is 0 Å². The normalized spacial score (nSPS) is 11.9. The van der Waals surface area contributed by atoms with Gasteiger partial charge in [0.05, 0.1) is 6.61 Å². The minimum absolute atomic E-state index is 0.00707. The maximum absolute atomic E-state index is 11.7. The van der Waals surface area contributed by atoms with Gasteiger partial charge in [-0.25, -0.2) is 8.78 Å². The quantitative estimate of drug-likeness (QED) is 0.535. The second kappa shape index (κ2) is 7.79. The molecule has 0 radical (unpaired) electrons. The highest BCUT2D eigenvalue weighted by Crippen LogP contribution is 2.09. The Morgan fingerprint density at radius 3 is 2.62 bits per heavy atom. The summed E-state index contributed by atoms with van der Waals surface area (Å²) in [5, 5.41) is 2.75. The van der Waals surface area contributed by atoms with Crippen LogP contribution in [-0.2, 0) is 9.53 Å². The number of nitrogens with one attached hydrogen (secondary N) is 1. The number of carbonyl (C=O) groups is 1. The average molecular weight is 258 g/mol. The van der Waals surface area contributed by atoms with Gasteiger partial charge >= 0.3 is 0 Å². The second-order valence-corrected chi connectivity index (χ2v) is 4.47. The molecule has 16 heavy (non-hydrogen) atoms. The number of amides is 1. The van der Waals surface area contributed by atoms with Crippen LogP contribution in [0.15, 0.2) is 0 Å². The van der Waals surface area contributed by atoms with Gasteiger partial charge in [0.1, 0.15) is 6.61 Å². The minimum Gasteiger partial charge on any atom is -0.375 e. The predicted molar refractivity (Wildman–Crippen MR) is 59.0 cm³/mol. The van der Waals surface area contributed by atoms with Crippen molar-refractivity contribution in [3.63, 3.8) is 0 Å². The molecule has 0 saturated heterocycles. The van der Waals surface area contributed by atoms with Crippen LogP contribution in [0.3, 0.4) is 0 Å². The number of hydrogen-bond acceptors (Lipinski definition) is 2. The molecular formula is C10H18ClF2NO2. The van der Waals surface area contributed by atoms with Crippen LogP contribution in [-0.4, -0.2) is 37.0 Å². The first-order valence-electron chi connectivity index (χ1n) is 5.10. The average Bonchev–Trinajstić information content (AvgIpc) is 2.11. The summed E-state index contributed by atoms with van der Waals surface area (Å²) in [6, 6.07) is 0. The zero-order valence-corrected chi connectivity index (χ0v) is 10.3. The monoisotopic (exact) mass is 257 g/mol. The molecule has 0 aliphatic carbocycles. The summed E-state index contributed by atoms with van der Waals surface area (Å²) in [4.78, 5) is 11.4. The molecule has 0 aliphatic rings. The standard InChI is InChI=1S/C10H18ClF2NO2/c1-10(2,4-5-11)14-9(15)3-6-16-7-8(12)13/h8H,3-7H2,1-2H3,(H,14,15). The van der Waals surface area contributed by atoms with Crippen LogP contribution in [0.4, 0.5) is 8.78 Å². The van der Waals surface area contributed by atoms with Crippen molar-refractivity contribution < 1.29 is 18.3 Å². The Morgan fingerprint density at radius 2 is 2.12 bits per heavy atom. The van der Waals surface area contributed by atoms with Gasteiger partial charge in [-0.1, -0.05) is 0 Å². The summed E-state index contributed by atoms with van der Waals surface area (Å²) in [6.07, 6.45) is -1.76. The van der Waals surface area contributed by atoms with E-state index in [1.54, 1.807) is 0 Å². The van der Waals surface area contributed by atoms with E-state index in [-0.39, 0.29) is 24.5 Å². The first-order chi connectivity index (χ1) is 7.37. The molecule has 0 saturated carbocycles. The molecule has 6 heteroatoms. The maximum Gasteiger partial charge on any atom is 0.261 e. The summed E-state index contributed by atoms with van der Waals surface area (Å²) in [5.41, 5.74) is -0.373. The van der Waals surface area contributed by atoms with E-state index in [9.17, 15) is 13.6 Å². The van der Waals surface area contributed by atoms with E-state index >= 15 is 0 Å². The molecule has 0 heterocycles. The lowest BCUT2D eigenvalue weighted by Crippen LogP contribution is -2.44. The van der Waals surface area contributed by atoms with Crippen LogP contribution in [0, 0.1) is 0 Å². The Labute approximate surface area is 99.5 Å². The first kappa shape index (κ1) is 15.6. The van der Waals surface area contributed by atoms with E-state index < -0.39 is 13.0 Å². The largest absolute Gasteiger partial charge is 0.375 e. The Bertz CT molecular complexity index is 213. The highest BCUT2D eigenvalue weighted by molar-refractivity contribution is 6.17. The van der Waals surface area contributed by atoms with Gasteiger partial charge in [-0.2, -0.15) is 0 Å². The Kier molecular flexibility index (Phi) is 7.58. The van der Waals surface area contributed by atoms with E-state index in [0.717, 1.165) is 0 Å². The van der Waals surface area contributed by atoms with E-state index in [2.05, 4.69) is 10.1 Å². The summed E-state index contributed by atoms with van der Waals surface area (Å²) in [6.45, 7) is 3.09. The van der Waals surface area contributed by atoms with Gasteiger partial charge in [0.2, 0.25) is 5.91 Å². The van der Waals surface area contributed by atoms with Crippen molar-refractivity contribution in [1.29, 1.82) is 0 Å². The van der Waals surface area contributed by atoms with Gasteiger partial charge in [-0.05, 0) is 20.3 Å². The third-order valence-electron chi connectivity index (χ3n) is 1.91. The molecule has 96 valence electrons. The molecule has 0 rings (SSSR count). The van der Waals surface area contributed by atoms with Crippen molar-refractivity contribution in [2.45, 2.75) is 38.7 Å². The maximum atomic E-state index is 11.7. The van der Waals surface area contributed by atoms with E-state index in [0.29, 0.717) is 12.3 Å². The van der Waals surface area contributed by atoms with E-state index in [1.165, 1.54) is 0 Å². The van der Waals surface area contributed by atoms with E-state index in [4.69, 9.17) is 11.6 Å². The Morgan fingerprint density at radius 1 is 1.50 bits per heavy atom. The van der Waals surface area contributed by atoms with Crippen LogP contribution < -0.4 is 5.32 Å². The molecule has 1 N–H and O–H groups in total. The fourth-order valence-corrected chi connectivity index (χ4v) is 1.55. The summed E-state index contributed by atoms with van der Waals surface area (Å²) in [5.74, 6) is 0.235. The van der Waals surface area contributed by atoms with Crippen LogP contribution in [0.25, 0.3) is 0 Å². The molecule has 0 spiro atoms. The van der Waals surface area contributed by atoms with Gasteiger partial charge in [0, 0.05) is 17.8 Å². The van der Waals surface area contributed by atoms with Crippen molar-refractivity contribution in [3.05, 3.63) is 0 Å². The van der Waals surface area contributed by atoms with Gasteiger partial charge in [-0.3, -0.25) is 4.79 Å². The van der Waals surface area contributed by atoms with Crippen molar-refractivity contribution >= 4 is 17.5 Å². The molecule has 0 unspecified atom stereocenters. The van der Waals surface area contributed by atoms with Crippen LogP contribution in [0.1, 0.15) is 26.7 Å². The van der Waals surface area contributed by atoms with Gasteiger partial charge in [0.25, 0.3) is 6.43 Å². The fourth-order valence-electron chi connectivity index (χ4n) is 1.08. The molecule has 0 aromatic rings. The fraction of sp³-hybridized carbons (Fsp3) is 0.900. The van der Waals surface area contributed by atoms with Crippen LogP contribution >= 0.6 is 11.6 Å². The molecule has 1 amide bonds. The molecule has 0 bridgehead atoms. The van der Waals surface area contributed by atoms with E-state index in [1.807, 2.05) is 13.8 Å². The number of hydrogen-bond donors (Lipinski definition) is 1. The third-order valence-corrected chi connectivity index (χ3v) is 2.10. The SMILES string of the molecule is CC(C)(CCCl)NC(=O)CCOCC(F)F. The second-order valence-electron chi connectivity index (χ2n) is 4.09. The smallest absolute Gasteiger partial charge is 0.261 e. The molecule has 0 atom stereocenters. The number of rotatable bonds is 8. The zero-order valence-electron chi connectivity index (χ0n) is 9.56. The van der Waals surface area contributed by atoms with Crippen LogP contribution in [0.5, 0.6) is 0 Å². The highest BCUT2D eigenvalue weighted by Gasteiger charge is 2.19. The Hall–Kier alpha value is -0.420. The van der Waals surface area contributed by atoms with Gasteiger partial charge < -0.3 is 10.1 Å². The minimum atomic E-state index is -2.49. The lowest BCUT2D eigenvalue weighted by atomic mass is 10.0. The number of halogens is 3. The summed E-state index contributed by atoms with van der Waals surface area (Å²) >= 11 is 5.57. The Balaban J connectivity index is 3.66. The molecule has 0 aromatic carbocycles. The van der Waals surface area contributed by atoms with Crippen molar-refractivity contribution in [2.75, 3.05) is 19.1 Å². The van der Waals surface area contributed by atoms with Gasteiger partial charge in [-0.15, -0.1) is 11.6 Å². The molecule has 0 aliphatic heterocycles. The van der Waals surface area contributed by atoms with Gasteiger partial charge in [0.15, 0.2) is 0 Å². The number of alkyl halides is 3. The van der Waals surface area contributed by atoms with Crippen LogP contribution in [0.2, 0.25) is 0 Å². The third kappa shape index (κ3) is 8.85. The number of carbonyl (C=O) groups excluding carboxylic acids is 1. The number of ether oxygens (including phenoxy) is 1. The van der Waals surface area contributed by atoms with Crippen molar-refractivity contribution in [1.82, 2.24) is 5.32 Å². The highest BCUT2D eigenvalue weighted by atomic mass is 35.5. The summed E-state index contributed by atoms with van der Waals surface area (Å²) in [7, 11) is 0. The molecular weight excluding hydrogens is 240 g/mol. The lowest BCUT2D eigenvalue weighted by Gasteiger charge is -2.25. The first-order valence-corrected chi connectivity index (χ1v) is 5.64. The summed E-state index contributed by atoms with van der Waals surface area (Å²) < 4.78 is 28.0. The molecule has 0 fully saturated rings. The van der Waals surface area contributed by atoms with Crippen molar-refractivity contribution in [2.24, 2.45) is 0 Å². The molecule has 3 nitrogen and oxygen atoms in total. The zero-order chi connectivity index (χ0) is 12.6. The lowest BCUT2D eigenvalue weighted by molar-refractivity contribution is -0.124. The predicted octanol–water partition coefficient (Wildman–Crippen LogP) is 2.18. The topological polar surface area (TPSA) is 38.3 Å².